The maximum Gasteiger partial charge on any atom is 0.272 e. The first-order chi connectivity index (χ1) is 21.7. The first-order valence-electron chi connectivity index (χ1n) is 13.8. The van der Waals surface area contributed by atoms with Gasteiger partial charge in [0.25, 0.3) is 11.8 Å². The highest BCUT2D eigenvalue weighted by atomic mass is 32.2. The Morgan fingerprint density at radius 1 is 0.756 bits per heavy atom. The summed E-state index contributed by atoms with van der Waals surface area (Å²) >= 11 is 1.34. The zero-order valence-electron chi connectivity index (χ0n) is 24.8. The van der Waals surface area contributed by atoms with Crippen molar-refractivity contribution in [2.24, 2.45) is 5.73 Å². The van der Waals surface area contributed by atoms with Gasteiger partial charge in [0.15, 0.2) is 11.5 Å². The van der Waals surface area contributed by atoms with Crippen LogP contribution in [-0.4, -0.2) is 43.1 Å². The van der Waals surface area contributed by atoms with Crippen LogP contribution in [0.2, 0.25) is 0 Å². The van der Waals surface area contributed by atoms with E-state index in [4.69, 9.17) is 15.2 Å². The first kappa shape index (κ1) is 32.4. The van der Waals surface area contributed by atoms with Gasteiger partial charge in [0.05, 0.1) is 19.5 Å². The molecule has 4 amide bonds. The zero-order chi connectivity index (χ0) is 32.3. The van der Waals surface area contributed by atoms with Crippen molar-refractivity contribution in [2.45, 2.75) is 17.1 Å². The fourth-order valence-corrected chi connectivity index (χ4v) is 5.03. The highest BCUT2D eigenvalue weighted by Gasteiger charge is 2.18. The summed E-state index contributed by atoms with van der Waals surface area (Å²) in [7, 11) is 3.00. The summed E-state index contributed by atoms with van der Waals surface area (Å²) in [5.41, 5.74) is 7.54. The zero-order valence-corrected chi connectivity index (χ0v) is 25.6. The maximum absolute atomic E-state index is 13.5. The molecule has 1 unspecified atom stereocenters. The van der Waals surface area contributed by atoms with E-state index >= 15 is 0 Å². The number of carbonyl (C=O) groups excluding carboxylic acids is 4. The third-order valence-electron chi connectivity index (χ3n) is 6.49. The molecule has 11 heteroatoms. The Balaban J connectivity index is 1.47. The molecule has 0 bridgehead atoms. The Morgan fingerprint density at radius 2 is 1.40 bits per heavy atom. The van der Waals surface area contributed by atoms with Crippen LogP contribution >= 0.6 is 11.8 Å². The summed E-state index contributed by atoms with van der Waals surface area (Å²) in [6.07, 6.45) is 1.52. The smallest absolute Gasteiger partial charge is 0.272 e. The molecule has 0 aromatic heterocycles. The van der Waals surface area contributed by atoms with E-state index in [9.17, 15) is 19.2 Å². The van der Waals surface area contributed by atoms with Crippen molar-refractivity contribution in [2.75, 3.05) is 24.9 Å². The topological polar surface area (TPSA) is 149 Å². The standard InChI is InChI=1S/C34H32N4O6S/c1-21(32(40)36-25-14-12-22(13-15-25)31(35)39)45-27-18-16-26(17-19-27)37-34(42)28(38-33(41)23-8-5-4-6-9-23)20-24-10-7-11-29(43-2)30(24)44-3/h4-21H,1-3H3,(H2,35,39)(H,36,40)(H,37,42)(H,38,41)/b28-20-. The van der Waals surface area contributed by atoms with E-state index in [0.717, 1.165) is 4.90 Å². The van der Waals surface area contributed by atoms with Gasteiger partial charge in [0.2, 0.25) is 11.8 Å². The lowest BCUT2D eigenvalue weighted by molar-refractivity contribution is -0.115. The molecule has 4 aromatic carbocycles. The number of amides is 4. The number of anilines is 2. The number of rotatable bonds is 12. The van der Waals surface area contributed by atoms with Crippen molar-refractivity contribution in [1.82, 2.24) is 5.32 Å². The lowest BCUT2D eigenvalue weighted by atomic mass is 10.1. The lowest BCUT2D eigenvalue weighted by Gasteiger charge is -2.14. The van der Waals surface area contributed by atoms with E-state index < -0.39 is 23.0 Å². The number of methoxy groups -OCH3 is 2. The quantitative estimate of drug-likeness (QED) is 0.123. The van der Waals surface area contributed by atoms with Crippen LogP contribution in [0.3, 0.4) is 0 Å². The van der Waals surface area contributed by atoms with Crippen LogP contribution in [0.25, 0.3) is 6.08 Å². The van der Waals surface area contributed by atoms with Crippen LogP contribution in [-0.2, 0) is 9.59 Å². The van der Waals surface area contributed by atoms with Gasteiger partial charge in [-0.15, -0.1) is 11.8 Å². The second kappa shape index (κ2) is 15.3. The highest BCUT2D eigenvalue weighted by molar-refractivity contribution is 8.00. The van der Waals surface area contributed by atoms with Crippen LogP contribution < -0.4 is 31.2 Å². The predicted molar refractivity (Wildman–Crippen MR) is 175 cm³/mol. The Kier molecular flexibility index (Phi) is 11.0. The molecule has 4 rings (SSSR count). The van der Waals surface area contributed by atoms with Gasteiger partial charge < -0.3 is 31.2 Å². The second-order valence-corrected chi connectivity index (χ2v) is 11.0. The van der Waals surface area contributed by atoms with Gasteiger partial charge in [-0.2, -0.15) is 0 Å². The molecule has 0 aliphatic carbocycles. The van der Waals surface area contributed by atoms with Crippen molar-refractivity contribution < 1.29 is 28.7 Å². The Morgan fingerprint density at radius 3 is 2.02 bits per heavy atom. The summed E-state index contributed by atoms with van der Waals surface area (Å²) in [4.78, 5) is 51.2. The van der Waals surface area contributed by atoms with Gasteiger partial charge in [0.1, 0.15) is 5.70 Å². The monoisotopic (exact) mass is 624 g/mol. The van der Waals surface area contributed by atoms with E-state index in [-0.39, 0.29) is 11.6 Å². The minimum Gasteiger partial charge on any atom is -0.493 e. The molecule has 0 aliphatic heterocycles. The van der Waals surface area contributed by atoms with Crippen LogP contribution in [0.4, 0.5) is 11.4 Å². The average Bonchev–Trinajstić information content (AvgIpc) is 3.05. The summed E-state index contributed by atoms with van der Waals surface area (Å²) in [6.45, 7) is 1.77. The molecular weight excluding hydrogens is 592 g/mol. The lowest BCUT2D eigenvalue weighted by Crippen LogP contribution is -2.30. The van der Waals surface area contributed by atoms with Crippen LogP contribution in [0.15, 0.2) is 108 Å². The molecule has 230 valence electrons. The Hall–Kier alpha value is -5.55. The van der Waals surface area contributed by atoms with Gasteiger partial charge in [-0.05, 0) is 79.7 Å². The number of ether oxygens (including phenoxy) is 2. The number of benzene rings is 4. The van der Waals surface area contributed by atoms with Gasteiger partial charge in [0, 0.05) is 33.0 Å². The second-order valence-electron chi connectivity index (χ2n) is 9.63. The third-order valence-corrected chi connectivity index (χ3v) is 7.61. The molecule has 0 saturated carbocycles. The SMILES string of the molecule is COc1cccc(/C=C(\NC(=O)c2ccccc2)C(=O)Nc2ccc(SC(C)C(=O)Nc3ccc(C(N)=O)cc3)cc2)c1OC. The number of para-hydroxylation sites is 1. The maximum atomic E-state index is 13.5. The summed E-state index contributed by atoms with van der Waals surface area (Å²) in [6, 6.07) is 27.1. The summed E-state index contributed by atoms with van der Waals surface area (Å²) < 4.78 is 10.9. The largest absolute Gasteiger partial charge is 0.493 e. The molecular formula is C34H32N4O6S. The predicted octanol–water partition coefficient (Wildman–Crippen LogP) is 5.33. The molecule has 0 radical (unpaired) electrons. The van der Waals surface area contributed by atoms with Gasteiger partial charge in [-0.25, -0.2) is 0 Å². The number of primary amides is 1. The number of hydrogen-bond donors (Lipinski definition) is 4. The molecule has 0 aliphatic rings. The minimum absolute atomic E-state index is 0.0111. The molecule has 5 N–H and O–H groups in total. The van der Waals surface area contributed by atoms with Gasteiger partial charge in [-0.3, -0.25) is 19.2 Å². The molecule has 0 saturated heterocycles. The van der Waals surface area contributed by atoms with E-state index in [1.165, 1.54) is 32.1 Å². The van der Waals surface area contributed by atoms with Crippen molar-refractivity contribution >= 4 is 52.8 Å². The fourth-order valence-electron chi connectivity index (χ4n) is 4.16. The van der Waals surface area contributed by atoms with Crippen LogP contribution in [0.5, 0.6) is 11.5 Å². The number of hydrogen-bond acceptors (Lipinski definition) is 7. The number of nitrogens with two attached hydrogens (primary N) is 1. The normalized spacial score (nSPS) is 11.6. The van der Waals surface area contributed by atoms with E-state index in [0.29, 0.717) is 39.6 Å². The van der Waals surface area contributed by atoms with Crippen molar-refractivity contribution in [3.8, 4) is 11.5 Å². The highest BCUT2D eigenvalue weighted by Crippen LogP contribution is 2.32. The Bertz CT molecular complexity index is 1710. The fraction of sp³-hybridized carbons (Fsp3) is 0.118. The van der Waals surface area contributed by atoms with Crippen LogP contribution in [0, 0.1) is 0 Å². The molecule has 0 spiro atoms. The Labute approximate surface area is 265 Å². The molecule has 10 nitrogen and oxygen atoms in total. The summed E-state index contributed by atoms with van der Waals surface area (Å²) in [5, 5.41) is 7.90. The molecule has 45 heavy (non-hydrogen) atoms. The van der Waals surface area contributed by atoms with E-state index in [1.54, 1.807) is 104 Å². The molecule has 0 fully saturated rings. The minimum atomic E-state index is -0.556. The molecule has 1 atom stereocenters. The van der Waals surface area contributed by atoms with Crippen LogP contribution in [0.1, 0.15) is 33.2 Å². The van der Waals surface area contributed by atoms with Crippen molar-refractivity contribution in [3.63, 3.8) is 0 Å². The average molecular weight is 625 g/mol. The number of nitrogens with one attached hydrogen (secondary N) is 3. The number of carbonyl (C=O) groups is 4. The van der Waals surface area contributed by atoms with Gasteiger partial charge >= 0.3 is 0 Å². The van der Waals surface area contributed by atoms with Crippen molar-refractivity contribution in [3.05, 3.63) is 119 Å². The van der Waals surface area contributed by atoms with Gasteiger partial charge in [-0.1, -0.05) is 30.3 Å². The van der Waals surface area contributed by atoms with E-state index in [1.807, 2.05) is 0 Å². The third kappa shape index (κ3) is 8.74. The van der Waals surface area contributed by atoms with E-state index in [2.05, 4.69) is 16.0 Å². The molecule has 4 aromatic rings. The summed E-state index contributed by atoms with van der Waals surface area (Å²) in [5.74, 6) is -0.904. The number of thioether (sulfide) groups is 1. The van der Waals surface area contributed by atoms with Crippen molar-refractivity contribution in [1.29, 1.82) is 0 Å². The first-order valence-corrected chi connectivity index (χ1v) is 14.6. The molecule has 0 heterocycles.